The number of amides is 1. The van der Waals surface area contributed by atoms with Crippen LogP contribution in [0.4, 0.5) is 5.82 Å². The van der Waals surface area contributed by atoms with E-state index in [1.54, 1.807) is 0 Å². The monoisotopic (exact) mass is 307 g/mol. The highest BCUT2D eigenvalue weighted by Crippen LogP contribution is 2.35. The smallest absolute Gasteiger partial charge is 0.245 e. The highest BCUT2D eigenvalue weighted by atomic mass is 35.5. The molecule has 0 saturated carbocycles. The van der Waals surface area contributed by atoms with E-state index >= 15 is 0 Å². The Hall–Kier alpha value is -0.710. The van der Waals surface area contributed by atoms with Crippen LogP contribution >= 0.6 is 34.8 Å². The normalized spacial score (nSPS) is 18.7. The molecule has 1 fully saturated rings. The predicted molar refractivity (Wildman–Crippen MR) is 73.7 cm³/mol. The predicted octanol–water partition coefficient (Wildman–Crippen LogP) is 2.76. The van der Waals surface area contributed by atoms with Crippen LogP contribution in [0, 0.1) is 0 Å². The number of carbonyl (C=O) groups is 1. The van der Waals surface area contributed by atoms with E-state index in [0.29, 0.717) is 29.0 Å². The van der Waals surface area contributed by atoms with Gasteiger partial charge in [-0.15, -0.1) is 0 Å². The molecule has 7 heteroatoms. The number of rotatable bonds is 1. The van der Waals surface area contributed by atoms with Crippen molar-refractivity contribution in [2.24, 2.45) is 0 Å². The summed E-state index contributed by atoms with van der Waals surface area (Å²) >= 11 is 17.9. The van der Waals surface area contributed by atoms with Gasteiger partial charge in [-0.2, -0.15) is 0 Å². The number of aromatic nitrogens is 1. The maximum absolute atomic E-state index is 11.9. The van der Waals surface area contributed by atoms with E-state index in [9.17, 15) is 4.79 Å². The molecule has 1 N–H and O–H groups in total. The molecule has 0 atom stereocenters. The fraction of sp³-hybridized carbons (Fsp3) is 0.455. The second-order valence-corrected chi connectivity index (χ2v) is 5.71. The van der Waals surface area contributed by atoms with E-state index in [2.05, 4.69) is 10.3 Å². The second-order valence-electron chi connectivity index (χ2n) is 4.53. The van der Waals surface area contributed by atoms with Crippen LogP contribution in [0.15, 0.2) is 6.07 Å². The molecule has 0 bridgehead atoms. The molecule has 2 heterocycles. The highest BCUT2D eigenvalue weighted by molar-refractivity contribution is 6.43. The summed E-state index contributed by atoms with van der Waals surface area (Å²) in [6, 6.07) is 1.54. The first kappa shape index (κ1) is 13.7. The lowest BCUT2D eigenvalue weighted by atomic mass is 9.99. The Morgan fingerprint density at radius 3 is 2.67 bits per heavy atom. The molecule has 1 aliphatic heterocycles. The van der Waals surface area contributed by atoms with Crippen LogP contribution in [0.5, 0.6) is 0 Å². The Morgan fingerprint density at radius 1 is 1.33 bits per heavy atom. The van der Waals surface area contributed by atoms with Gasteiger partial charge in [0.05, 0.1) is 10.0 Å². The second kappa shape index (κ2) is 4.76. The molecule has 0 radical (unpaired) electrons. The van der Waals surface area contributed by atoms with Crippen molar-refractivity contribution in [1.29, 1.82) is 0 Å². The van der Waals surface area contributed by atoms with Gasteiger partial charge in [0.25, 0.3) is 0 Å². The topological polar surface area (TPSA) is 45.2 Å². The van der Waals surface area contributed by atoms with Crippen molar-refractivity contribution < 1.29 is 4.79 Å². The number of piperazine rings is 1. The van der Waals surface area contributed by atoms with E-state index in [1.807, 2.05) is 18.7 Å². The number of nitrogens with one attached hydrogen (secondary N) is 1. The van der Waals surface area contributed by atoms with Gasteiger partial charge in [0, 0.05) is 13.1 Å². The van der Waals surface area contributed by atoms with E-state index in [-0.39, 0.29) is 11.1 Å². The summed E-state index contributed by atoms with van der Waals surface area (Å²) in [7, 11) is 0. The Morgan fingerprint density at radius 2 is 2.00 bits per heavy atom. The first-order chi connectivity index (χ1) is 8.34. The molecule has 1 aliphatic rings. The fourth-order valence-corrected chi connectivity index (χ4v) is 2.49. The maximum atomic E-state index is 11.9. The Labute approximate surface area is 120 Å². The van der Waals surface area contributed by atoms with Crippen LogP contribution in [0.3, 0.4) is 0 Å². The zero-order valence-corrected chi connectivity index (χ0v) is 12.2. The van der Waals surface area contributed by atoms with Gasteiger partial charge in [-0.25, -0.2) is 4.98 Å². The maximum Gasteiger partial charge on any atom is 0.245 e. The number of anilines is 1. The molecule has 1 aromatic heterocycles. The van der Waals surface area contributed by atoms with Gasteiger partial charge in [-0.05, 0) is 19.9 Å². The summed E-state index contributed by atoms with van der Waals surface area (Å²) in [6.45, 7) is 4.77. The van der Waals surface area contributed by atoms with Crippen molar-refractivity contribution in [2.75, 3.05) is 18.0 Å². The molecule has 98 valence electrons. The van der Waals surface area contributed by atoms with Gasteiger partial charge < -0.3 is 10.2 Å². The minimum absolute atomic E-state index is 0.0716. The number of hydrogen-bond donors (Lipinski definition) is 1. The van der Waals surface area contributed by atoms with Crippen molar-refractivity contribution in [1.82, 2.24) is 10.3 Å². The number of halogens is 3. The van der Waals surface area contributed by atoms with Crippen molar-refractivity contribution in [2.45, 2.75) is 19.4 Å². The van der Waals surface area contributed by atoms with E-state index in [0.717, 1.165) is 0 Å². The third-order valence-electron chi connectivity index (χ3n) is 2.98. The first-order valence-corrected chi connectivity index (χ1v) is 6.55. The average molecular weight is 309 g/mol. The summed E-state index contributed by atoms with van der Waals surface area (Å²) in [5, 5.41) is 3.66. The quantitative estimate of drug-likeness (QED) is 0.811. The number of carbonyl (C=O) groups excluding carboxylic acids is 1. The molecule has 1 saturated heterocycles. The van der Waals surface area contributed by atoms with Gasteiger partial charge in [-0.1, -0.05) is 34.8 Å². The number of pyridine rings is 1. The Balaban J connectivity index is 2.48. The molecule has 18 heavy (non-hydrogen) atoms. The van der Waals surface area contributed by atoms with E-state index < -0.39 is 5.54 Å². The van der Waals surface area contributed by atoms with Crippen molar-refractivity contribution in [3.63, 3.8) is 0 Å². The van der Waals surface area contributed by atoms with Gasteiger partial charge in [0.15, 0.2) is 0 Å². The van der Waals surface area contributed by atoms with Crippen molar-refractivity contribution >= 4 is 46.5 Å². The van der Waals surface area contributed by atoms with Crippen LogP contribution in [0.1, 0.15) is 13.8 Å². The van der Waals surface area contributed by atoms with Crippen molar-refractivity contribution in [3.8, 4) is 0 Å². The minimum atomic E-state index is -0.730. The largest absolute Gasteiger partial charge is 0.352 e. The lowest BCUT2D eigenvalue weighted by molar-refractivity contribution is -0.126. The van der Waals surface area contributed by atoms with E-state index in [4.69, 9.17) is 34.8 Å². The molecule has 0 aliphatic carbocycles. The summed E-state index contributed by atoms with van der Waals surface area (Å²) < 4.78 is 0. The van der Waals surface area contributed by atoms with Crippen LogP contribution in [0.25, 0.3) is 0 Å². The zero-order valence-electron chi connectivity index (χ0n) is 9.93. The average Bonchev–Trinajstić information content (AvgIpc) is 2.28. The number of hydrogen-bond acceptors (Lipinski definition) is 3. The molecular formula is C11H12Cl3N3O. The first-order valence-electron chi connectivity index (χ1n) is 5.41. The fourth-order valence-electron chi connectivity index (χ4n) is 1.89. The third kappa shape index (κ3) is 2.25. The summed E-state index contributed by atoms with van der Waals surface area (Å²) in [5.41, 5.74) is -0.730. The lowest BCUT2D eigenvalue weighted by Crippen LogP contribution is -2.62. The molecule has 0 spiro atoms. The van der Waals surface area contributed by atoms with Crippen molar-refractivity contribution in [3.05, 3.63) is 21.3 Å². The number of nitrogens with zero attached hydrogens (tertiary/aromatic N) is 2. The van der Waals surface area contributed by atoms with Gasteiger partial charge in [0.2, 0.25) is 5.91 Å². The summed E-state index contributed by atoms with van der Waals surface area (Å²) in [4.78, 5) is 17.9. The van der Waals surface area contributed by atoms with E-state index in [1.165, 1.54) is 6.07 Å². The molecule has 1 amide bonds. The zero-order chi connectivity index (χ0) is 13.5. The summed E-state index contributed by atoms with van der Waals surface area (Å²) in [5.74, 6) is 0.406. The molecule has 0 aromatic carbocycles. The SMILES string of the molecule is CC1(C)C(=O)NCCN1c1nc(Cl)c(Cl)cc1Cl. The van der Waals surface area contributed by atoms with Gasteiger partial charge in [0.1, 0.15) is 16.5 Å². The Bertz CT molecular complexity index is 505. The minimum Gasteiger partial charge on any atom is -0.352 e. The van der Waals surface area contributed by atoms with Gasteiger partial charge in [-0.3, -0.25) is 4.79 Å². The molecular weight excluding hydrogens is 296 g/mol. The molecule has 2 rings (SSSR count). The third-order valence-corrected chi connectivity index (χ3v) is 3.93. The standard InChI is InChI=1S/C11H12Cl3N3O/c1-11(2)10(18)15-3-4-17(11)9-7(13)5-6(12)8(14)16-9/h5H,3-4H2,1-2H3,(H,15,18). The molecule has 4 nitrogen and oxygen atoms in total. The summed E-state index contributed by atoms with van der Waals surface area (Å²) in [6.07, 6.45) is 0. The lowest BCUT2D eigenvalue weighted by Gasteiger charge is -2.42. The van der Waals surface area contributed by atoms with Crippen LogP contribution in [0.2, 0.25) is 15.2 Å². The Kier molecular flexibility index (Phi) is 3.63. The highest BCUT2D eigenvalue weighted by Gasteiger charge is 2.39. The van der Waals surface area contributed by atoms with Gasteiger partial charge >= 0.3 is 0 Å². The van der Waals surface area contributed by atoms with Crippen LogP contribution in [-0.4, -0.2) is 29.5 Å². The van der Waals surface area contributed by atoms with Crippen LogP contribution in [-0.2, 0) is 4.79 Å². The molecule has 1 aromatic rings. The van der Waals surface area contributed by atoms with Crippen LogP contribution < -0.4 is 10.2 Å². The molecule has 0 unspecified atom stereocenters.